The number of hydrogen-bond donors (Lipinski definition) is 2. The van der Waals surface area contributed by atoms with Crippen LogP contribution in [0.15, 0.2) is 53.0 Å². The van der Waals surface area contributed by atoms with Gasteiger partial charge in [-0.2, -0.15) is 0 Å². The number of nitrogens with zero attached hydrogens (tertiary/aromatic N) is 1. The summed E-state index contributed by atoms with van der Waals surface area (Å²) in [6.45, 7) is 4.10. The van der Waals surface area contributed by atoms with Crippen molar-refractivity contribution < 1.29 is 9.59 Å². The van der Waals surface area contributed by atoms with E-state index in [2.05, 4.69) is 62.7 Å². The van der Waals surface area contributed by atoms with Gasteiger partial charge < -0.3 is 15.5 Å². The molecule has 0 radical (unpaired) electrons. The Hall–Kier alpha value is -2.18. The van der Waals surface area contributed by atoms with Crippen LogP contribution in [0.2, 0.25) is 0 Å². The van der Waals surface area contributed by atoms with Gasteiger partial charge in [-0.1, -0.05) is 59.3 Å². The van der Waals surface area contributed by atoms with Crippen LogP contribution in [0.25, 0.3) is 0 Å². The number of amides is 2. The Morgan fingerprint density at radius 3 is 2.10 bits per heavy atom. The second-order valence-corrected chi connectivity index (χ2v) is 8.30. The van der Waals surface area contributed by atoms with E-state index in [1.807, 2.05) is 38.4 Å². The molecule has 2 atom stereocenters. The summed E-state index contributed by atoms with van der Waals surface area (Å²) < 4.78 is 0.954. The predicted molar refractivity (Wildman–Crippen MR) is 121 cm³/mol. The van der Waals surface area contributed by atoms with E-state index in [0.717, 1.165) is 16.5 Å². The first-order chi connectivity index (χ1) is 13.8. The highest BCUT2D eigenvalue weighted by atomic mass is 79.9. The summed E-state index contributed by atoms with van der Waals surface area (Å²) in [6, 6.07) is 15.9. The van der Waals surface area contributed by atoms with Gasteiger partial charge in [0.15, 0.2) is 0 Å². The first-order valence-corrected chi connectivity index (χ1v) is 10.6. The van der Waals surface area contributed by atoms with Crippen molar-refractivity contribution in [3.05, 3.63) is 69.7 Å². The number of aryl methyl sites for hydroxylation is 1. The quantitative estimate of drug-likeness (QED) is 0.595. The van der Waals surface area contributed by atoms with Crippen molar-refractivity contribution in [3.8, 4) is 0 Å². The van der Waals surface area contributed by atoms with E-state index < -0.39 is 0 Å². The van der Waals surface area contributed by atoms with Crippen molar-refractivity contribution >= 4 is 27.7 Å². The third-order valence-electron chi connectivity index (χ3n) is 4.93. The van der Waals surface area contributed by atoms with Gasteiger partial charge in [0, 0.05) is 17.9 Å². The average Bonchev–Trinajstić information content (AvgIpc) is 2.68. The van der Waals surface area contributed by atoms with Crippen LogP contribution in [0, 0.1) is 0 Å². The zero-order valence-corrected chi connectivity index (χ0v) is 19.1. The molecule has 0 fully saturated rings. The first kappa shape index (κ1) is 23.1. The molecule has 156 valence electrons. The third-order valence-corrected chi connectivity index (χ3v) is 5.46. The summed E-state index contributed by atoms with van der Waals surface area (Å²) >= 11 is 3.41. The molecule has 6 heteroatoms. The molecular formula is C23H30BrN3O2. The van der Waals surface area contributed by atoms with Crippen molar-refractivity contribution in [1.82, 2.24) is 15.5 Å². The summed E-state index contributed by atoms with van der Waals surface area (Å²) in [5.41, 5.74) is 3.36. The van der Waals surface area contributed by atoms with Crippen LogP contribution in [0.3, 0.4) is 0 Å². The summed E-state index contributed by atoms with van der Waals surface area (Å²) in [5.74, 6) is -0.253. The van der Waals surface area contributed by atoms with E-state index in [4.69, 9.17) is 0 Å². The SMILES string of the molecule is CCc1ccc(C(CNC(=O)CC(NC(C)=O)c2ccc(Br)cc2)N(C)C)cc1. The number of halogens is 1. The van der Waals surface area contributed by atoms with E-state index in [-0.39, 0.29) is 30.3 Å². The highest BCUT2D eigenvalue weighted by Gasteiger charge is 2.19. The summed E-state index contributed by atoms with van der Waals surface area (Å²) in [6.07, 6.45) is 1.19. The van der Waals surface area contributed by atoms with Crippen molar-refractivity contribution in [1.29, 1.82) is 0 Å². The average molecular weight is 460 g/mol. The Morgan fingerprint density at radius 1 is 1.00 bits per heavy atom. The summed E-state index contributed by atoms with van der Waals surface area (Å²) in [4.78, 5) is 26.4. The lowest BCUT2D eigenvalue weighted by atomic mass is 10.0. The minimum atomic E-state index is -0.359. The zero-order valence-electron chi connectivity index (χ0n) is 17.5. The molecular weight excluding hydrogens is 430 g/mol. The van der Waals surface area contributed by atoms with Crippen LogP contribution < -0.4 is 10.6 Å². The molecule has 0 aliphatic rings. The molecule has 2 aromatic rings. The number of nitrogens with one attached hydrogen (secondary N) is 2. The fourth-order valence-corrected chi connectivity index (χ4v) is 3.50. The fourth-order valence-electron chi connectivity index (χ4n) is 3.23. The second kappa shape index (κ2) is 11.1. The molecule has 0 bridgehead atoms. The van der Waals surface area contributed by atoms with Gasteiger partial charge in [-0.15, -0.1) is 0 Å². The standard InChI is InChI=1S/C23H30BrN3O2/c1-5-17-6-8-19(9-7-17)22(27(3)4)15-25-23(29)14-21(26-16(2)28)18-10-12-20(24)13-11-18/h6-13,21-22H,5,14-15H2,1-4H3,(H,25,29)(H,26,28). The van der Waals surface area contributed by atoms with Crippen LogP contribution in [0.5, 0.6) is 0 Å². The Balaban J connectivity index is 2.03. The molecule has 0 heterocycles. The molecule has 2 unspecified atom stereocenters. The van der Waals surface area contributed by atoms with Gasteiger partial charge in [0.1, 0.15) is 0 Å². The minimum Gasteiger partial charge on any atom is -0.354 e. The van der Waals surface area contributed by atoms with E-state index in [0.29, 0.717) is 6.54 Å². The number of likely N-dealkylation sites (N-methyl/N-ethyl adjacent to an activating group) is 1. The normalized spacial score (nSPS) is 13.0. The lowest BCUT2D eigenvalue weighted by Gasteiger charge is -2.26. The fraction of sp³-hybridized carbons (Fsp3) is 0.391. The summed E-state index contributed by atoms with van der Waals surface area (Å²) in [5, 5.41) is 5.91. The van der Waals surface area contributed by atoms with E-state index in [1.165, 1.54) is 18.1 Å². The van der Waals surface area contributed by atoms with Crippen LogP contribution in [0.4, 0.5) is 0 Å². The van der Waals surface area contributed by atoms with Gasteiger partial charge in [0.05, 0.1) is 18.5 Å². The van der Waals surface area contributed by atoms with Gasteiger partial charge in [-0.25, -0.2) is 0 Å². The maximum absolute atomic E-state index is 12.6. The molecule has 0 saturated carbocycles. The van der Waals surface area contributed by atoms with Gasteiger partial charge in [0.25, 0.3) is 0 Å². The molecule has 0 spiro atoms. The first-order valence-electron chi connectivity index (χ1n) is 9.84. The maximum atomic E-state index is 12.6. The van der Waals surface area contributed by atoms with E-state index >= 15 is 0 Å². The molecule has 2 aromatic carbocycles. The minimum absolute atomic E-state index is 0.0803. The smallest absolute Gasteiger partial charge is 0.222 e. The molecule has 0 aliphatic heterocycles. The highest BCUT2D eigenvalue weighted by Crippen LogP contribution is 2.21. The lowest BCUT2D eigenvalue weighted by Crippen LogP contribution is -2.37. The van der Waals surface area contributed by atoms with Crippen molar-refractivity contribution in [3.63, 3.8) is 0 Å². The molecule has 0 aliphatic carbocycles. The Morgan fingerprint density at radius 2 is 1.59 bits per heavy atom. The van der Waals surface area contributed by atoms with Crippen LogP contribution in [-0.2, 0) is 16.0 Å². The largest absolute Gasteiger partial charge is 0.354 e. The van der Waals surface area contributed by atoms with E-state index in [1.54, 1.807) is 0 Å². The number of carbonyl (C=O) groups is 2. The molecule has 5 nitrogen and oxygen atoms in total. The molecule has 29 heavy (non-hydrogen) atoms. The zero-order chi connectivity index (χ0) is 21.4. The van der Waals surface area contributed by atoms with Gasteiger partial charge in [0.2, 0.25) is 11.8 Å². The predicted octanol–water partition coefficient (Wildman–Crippen LogP) is 4.00. The van der Waals surface area contributed by atoms with E-state index in [9.17, 15) is 9.59 Å². The van der Waals surface area contributed by atoms with Gasteiger partial charge in [-0.3, -0.25) is 9.59 Å². The molecule has 2 amide bonds. The topological polar surface area (TPSA) is 61.4 Å². The highest BCUT2D eigenvalue weighted by molar-refractivity contribution is 9.10. The van der Waals surface area contributed by atoms with Crippen LogP contribution in [-0.4, -0.2) is 37.4 Å². The third kappa shape index (κ3) is 7.29. The number of benzene rings is 2. The molecule has 0 aromatic heterocycles. The van der Waals surface area contributed by atoms with Crippen molar-refractivity contribution in [2.24, 2.45) is 0 Å². The van der Waals surface area contributed by atoms with Crippen LogP contribution in [0.1, 0.15) is 49.0 Å². The number of rotatable bonds is 9. The number of carbonyl (C=O) groups excluding carboxylic acids is 2. The Labute approximate surface area is 182 Å². The Bertz CT molecular complexity index is 804. The monoisotopic (exact) mass is 459 g/mol. The number of hydrogen-bond acceptors (Lipinski definition) is 3. The van der Waals surface area contributed by atoms with Crippen molar-refractivity contribution in [2.45, 2.75) is 38.8 Å². The Kier molecular flexibility index (Phi) is 8.86. The second-order valence-electron chi connectivity index (χ2n) is 7.39. The van der Waals surface area contributed by atoms with Gasteiger partial charge >= 0.3 is 0 Å². The van der Waals surface area contributed by atoms with Crippen LogP contribution >= 0.6 is 15.9 Å². The molecule has 2 rings (SSSR count). The molecule has 0 saturated heterocycles. The maximum Gasteiger partial charge on any atom is 0.222 e. The van der Waals surface area contributed by atoms with Gasteiger partial charge in [-0.05, 0) is 49.3 Å². The van der Waals surface area contributed by atoms with Crippen molar-refractivity contribution in [2.75, 3.05) is 20.6 Å². The summed E-state index contributed by atoms with van der Waals surface area (Å²) in [7, 11) is 4.01. The molecule has 2 N–H and O–H groups in total. The lowest BCUT2D eigenvalue weighted by molar-refractivity contribution is -0.123.